The number of benzene rings is 1. The molecule has 0 bridgehead atoms. The Hall–Kier alpha value is -3.67. The van der Waals surface area contributed by atoms with E-state index in [4.69, 9.17) is 11.5 Å². The summed E-state index contributed by atoms with van der Waals surface area (Å²) < 4.78 is 28.3. The molecule has 166 valence electrons. The van der Waals surface area contributed by atoms with E-state index in [0.29, 0.717) is 11.3 Å². The second-order valence-corrected chi connectivity index (χ2v) is 8.38. The zero-order valence-electron chi connectivity index (χ0n) is 16.9. The third kappa shape index (κ3) is 7.59. The molecule has 0 aliphatic rings. The molecule has 0 saturated carbocycles. The number of rotatable bonds is 9. The Labute approximate surface area is 179 Å². The molecule has 0 spiro atoms. The minimum atomic E-state index is -3.84. The van der Waals surface area contributed by atoms with Gasteiger partial charge in [0.2, 0.25) is 15.9 Å². The maximum atomic E-state index is 12.7. The van der Waals surface area contributed by atoms with Crippen LogP contribution in [-0.2, 0) is 31.9 Å². The molecule has 31 heavy (non-hydrogen) atoms. The van der Waals surface area contributed by atoms with Crippen molar-refractivity contribution in [3.05, 3.63) is 64.1 Å². The van der Waals surface area contributed by atoms with E-state index in [1.807, 2.05) is 0 Å². The molecule has 0 fully saturated rings. The average molecular weight is 449 g/mol. The standard InChI is InChI=1S/C19H24N6O5S/c1-13-7-8-15(24-31(29,30)12-14-5-3-2-4-6-14)18(28)25(13)11-17(27)22-10-9-16(26)23-19(20)21/h2-8,24H,9-12H2,1H3,(H,22,27)(H4,20,21,23,26). The second kappa shape index (κ2) is 10.4. The van der Waals surface area contributed by atoms with Crippen LogP contribution in [0.3, 0.4) is 0 Å². The summed E-state index contributed by atoms with van der Waals surface area (Å²) in [6.07, 6.45) is -0.114. The maximum Gasteiger partial charge on any atom is 0.275 e. The zero-order chi connectivity index (χ0) is 23.0. The number of aliphatic imine (C=N–C) groups is 1. The van der Waals surface area contributed by atoms with Crippen molar-refractivity contribution < 1.29 is 18.0 Å². The molecule has 2 rings (SSSR count). The lowest BCUT2D eigenvalue weighted by Gasteiger charge is -2.13. The molecule has 1 heterocycles. The van der Waals surface area contributed by atoms with Gasteiger partial charge < -0.3 is 21.4 Å². The van der Waals surface area contributed by atoms with E-state index in [1.54, 1.807) is 37.3 Å². The average Bonchev–Trinajstić information content (AvgIpc) is 2.67. The van der Waals surface area contributed by atoms with E-state index in [0.717, 1.165) is 4.57 Å². The van der Waals surface area contributed by atoms with Crippen LogP contribution in [0.4, 0.5) is 5.69 Å². The second-order valence-electron chi connectivity index (χ2n) is 6.66. The van der Waals surface area contributed by atoms with Crippen molar-refractivity contribution in [2.75, 3.05) is 11.3 Å². The molecule has 0 aliphatic carbocycles. The monoisotopic (exact) mass is 448 g/mol. The van der Waals surface area contributed by atoms with Crippen LogP contribution in [0.2, 0.25) is 0 Å². The van der Waals surface area contributed by atoms with Crippen LogP contribution in [0.25, 0.3) is 0 Å². The van der Waals surface area contributed by atoms with Crippen molar-refractivity contribution in [2.45, 2.75) is 25.6 Å². The maximum absolute atomic E-state index is 12.7. The fourth-order valence-electron chi connectivity index (χ4n) is 2.65. The first kappa shape index (κ1) is 23.6. The van der Waals surface area contributed by atoms with Gasteiger partial charge in [0.15, 0.2) is 5.96 Å². The lowest BCUT2D eigenvalue weighted by Crippen LogP contribution is -2.35. The molecule has 1 aromatic carbocycles. The number of amides is 2. The van der Waals surface area contributed by atoms with Gasteiger partial charge in [0.1, 0.15) is 12.2 Å². The highest BCUT2D eigenvalue weighted by Crippen LogP contribution is 2.10. The smallest absolute Gasteiger partial charge is 0.275 e. The van der Waals surface area contributed by atoms with Crippen LogP contribution in [0.15, 0.2) is 52.3 Å². The molecule has 2 aromatic rings. The Morgan fingerprint density at radius 1 is 1.10 bits per heavy atom. The summed E-state index contributed by atoms with van der Waals surface area (Å²) in [4.78, 5) is 39.6. The number of hydrogen-bond acceptors (Lipinski definition) is 5. The molecular formula is C19H24N6O5S. The molecule has 2 amide bonds. The highest BCUT2D eigenvalue weighted by Gasteiger charge is 2.16. The first-order valence-corrected chi connectivity index (χ1v) is 10.9. The van der Waals surface area contributed by atoms with Crippen molar-refractivity contribution in [3.63, 3.8) is 0 Å². The third-order valence-corrected chi connectivity index (χ3v) is 5.32. The highest BCUT2D eigenvalue weighted by molar-refractivity contribution is 7.91. The lowest BCUT2D eigenvalue weighted by atomic mass is 10.2. The van der Waals surface area contributed by atoms with Crippen molar-refractivity contribution in [3.8, 4) is 0 Å². The van der Waals surface area contributed by atoms with Crippen LogP contribution < -0.4 is 27.1 Å². The third-order valence-electron chi connectivity index (χ3n) is 4.07. The molecule has 0 saturated heterocycles. The van der Waals surface area contributed by atoms with Crippen LogP contribution in [0.1, 0.15) is 17.7 Å². The molecular weight excluding hydrogens is 424 g/mol. The number of anilines is 1. The largest absolute Gasteiger partial charge is 0.370 e. The first-order valence-electron chi connectivity index (χ1n) is 9.21. The van der Waals surface area contributed by atoms with Crippen LogP contribution in [0.5, 0.6) is 0 Å². The van der Waals surface area contributed by atoms with Gasteiger partial charge in [-0.05, 0) is 24.6 Å². The Morgan fingerprint density at radius 2 is 1.77 bits per heavy atom. The molecule has 11 nitrogen and oxygen atoms in total. The Morgan fingerprint density at radius 3 is 2.42 bits per heavy atom. The fourth-order valence-corrected chi connectivity index (χ4v) is 3.84. The van der Waals surface area contributed by atoms with Gasteiger partial charge in [-0.2, -0.15) is 4.99 Å². The van der Waals surface area contributed by atoms with Crippen molar-refractivity contribution in [1.29, 1.82) is 0 Å². The van der Waals surface area contributed by atoms with E-state index in [2.05, 4.69) is 15.0 Å². The van der Waals surface area contributed by atoms with Gasteiger partial charge in [-0.1, -0.05) is 30.3 Å². The highest BCUT2D eigenvalue weighted by atomic mass is 32.2. The minimum Gasteiger partial charge on any atom is -0.370 e. The van der Waals surface area contributed by atoms with E-state index in [9.17, 15) is 22.8 Å². The van der Waals surface area contributed by atoms with Crippen molar-refractivity contribution in [1.82, 2.24) is 9.88 Å². The van der Waals surface area contributed by atoms with Gasteiger partial charge in [0.05, 0.1) is 5.75 Å². The van der Waals surface area contributed by atoms with E-state index in [1.165, 1.54) is 12.1 Å². The van der Waals surface area contributed by atoms with Gasteiger partial charge in [-0.25, -0.2) is 8.42 Å². The summed E-state index contributed by atoms with van der Waals surface area (Å²) in [7, 11) is -3.84. The summed E-state index contributed by atoms with van der Waals surface area (Å²) in [5.41, 5.74) is 10.4. The number of sulfonamides is 1. The SMILES string of the molecule is Cc1ccc(NS(=O)(=O)Cc2ccccc2)c(=O)n1CC(=O)NCCC(=O)N=C(N)N. The topological polar surface area (TPSA) is 179 Å². The van der Waals surface area contributed by atoms with E-state index in [-0.39, 0.29) is 36.9 Å². The molecule has 0 atom stereocenters. The van der Waals surface area contributed by atoms with Crippen LogP contribution in [-0.4, -0.2) is 37.3 Å². The van der Waals surface area contributed by atoms with Crippen LogP contribution >= 0.6 is 0 Å². The number of aromatic nitrogens is 1. The molecule has 0 aliphatic heterocycles. The van der Waals surface area contributed by atoms with Gasteiger partial charge >= 0.3 is 0 Å². The van der Waals surface area contributed by atoms with E-state index >= 15 is 0 Å². The zero-order valence-corrected chi connectivity index (χ0v) is 17.7. The number of carbonyl (C=O) groups is 2. The minimum absolute atomic E-state index is 0.0222. The Kier molecular flexibility index (Phi) is 7.91. The summed E-state index contributed by atoms with van der Waals surface area (Å²) in [6, 6.07) is 11.4. The number of nitrogens with two attached hydrogens (primary N) is 2. The Balaban J connectivity index is 2.06. The number of nitrogens with one attached hydrogen (secondary N) is 2. The Bertz CT molecular complexity index is 1140. The van der Waals surface area contributed by atoms with Gasteiger partial charge in [-0.3, -0.25) is 19.1 Å². The number of hydrogen-bond donors (Lipinski definition) is 4. The fraction of sp³-hybridized carbons (Fsp3) is 0.263. The first-order chi connectivity index (χ1) is 14.6. The van der Waals surface area contributed by atoms with Crippen LogP contribution in [0, 0.1) is 6.92 Å². The number of guanidine groups is 1. The summed E-state index contributed by atoms with van der Waals surface area (Å²) in [5, 5.41) is 2.48. The van der Waals surface area contributed by atoms with Gasteiger partial charge in [0.25, 0.3) is 11.5 Å². The predicted octanol–water partition coefficient (Wildman–Crippen LogP) is -0.595. The molecule has 0 unspecified atom stereocenters. The number of nitrogens with zero attached hydrogens (tertiary/aromatic N) is 2. The molecule has 12 heteroatoms. The van der Waals surface area contributed by atoms with Crippen molar-refractivity contribution >= 4 is 33.5 Å². The quantitative estimate of drug-likeness (QED) is 0.292. The number of pyridine rings is 1. The van der Waals surface area contributed by atoms with E-state index < -0.39 is 27.4 Å². The normalized spacial score (nSPS) is 10.9. The predicted molar refractivity (Wildman–Crippen MR) is 117 cm³/mol. The lowest BCUT2D eigenvalue weighted by molar-refractivity contribution is -0.122. The summed E-state index contributed by atoms with van der Waals surface area (Å²) in [6.45, 7) is 1.24. The molecule has 0 radical (unpaired) electrons. The summed E-state index contributed by atoms with van der Waals surface area (Å²) >= 11 is 0. The number of aryl methyl sites for hydroxylation is 1. The van der Waals surface area contributed by atoms with Gasteiger partial charge in [-0.15, -0.1) is 0 Å². The number of carbonyl (C=O) groups excluding carboxylic acids is 2. The molecule has 6 N–H and O–H groups in total. The summed E-state index contributed by atoms with van der Waals surface area (Å²) in [5.74, 6) is -1.80. The molecule has 1 aromatic heterocycles. The van der Waals surface area contributed by atoms with Crippen molar-refractivity contribution in [2.24, 2.45) is 16.5 Å². The van der Waals surface area contributed by atoms with Gasteiger partial charge in [0, 0.05) is 18.7 Å².